The number of likely N-dealkylation sites (tertiary alicyclic amines) is 1. The van der Waals surface area contributed by atoms with Crippen LogP contribution in [0.15, 0.2) is 0 Å². The molecule has 0 aromatic heterocycles. The average Bonchev–Trinajstić information content (AvgIpc) is 2.51. The zero-order chi connectivity index (χ0) is 11.6. The van der Waals surface area contributed by atoms with Crippen molar-refractivity contribution in [2.75, 3.05) is 13.1 Å². The molecule has 0 radical (unpaired) electrons. The van der Waals surface area contributed by atoms with E-state index in [0.717, 1.165) is 19.5 Å². The van der Waals surface area contributed by atoms with E-state index in [2.05, 4.69) is 18.7 Å². The highest BCUT2D eigenvalue weighted by molar-refractivity contribution is 5.73. The Morgan fingerprint density at radius 2 is 1.93 bits per heavy atom. The molecule has 0 bridgehead atoms. The molecule has 0 aliphatic carbocycles. The van der Waals surface area contributed by atoms with Gasteiger partial charge in [0.2, 0.25) is 0 Å². The van der Waals surface area contributed by atoms with Gasteiger partial charge in [0.05, 0.1) is 0 Å². The van der Waals surface area contributed by atoms with Crippen LogP contribution in [0.1, 0.15) is 34.1 Å². The molecule has 88 valence electrons. The van der Waals surface area contributed by atoms with E-state index in [1.807, 2.05) is 13.8 Å². The molecule has 1 aliphatic rings. The molecule has 0 aromatic carbocycles. The quantitative estimate of drug-likeness (QED) is 0.777. The summed E-state index contributed by atoms with van der Waals surface area (Å²) >= 11 is 0. The number of nitrogens with zero attached hydrogens (tertiary/aromatic N) is 1. The molecule has 1 fully saturated rings. The summed E-state index contributed by atoms with van der Waals surface area (Å²) < 4.78 is 0. The van der Waals surface area contributed by atoms with Gasteiger partial charge in [0.25, 0.3) is 0 Å². The minimum absolute atomic E-state index is 0.188. The SMILES string of the molecule is CC(C)C1CCN(C(C(=O)O)C(C)C)C1. The smallest absolute Gasteiger partial charge is 0.321 e. The summed E-state index contributed by atoms with van der Waals surface area (Å²) in [5.74, 6) is 0.852. The number of hydrogen-bond donors (Lipinski definition) is 1. The van der Waals surface area contributed by atoms with E-state index in [1.54, 1.807) is 0 Å². The van der Waals surface area contributed by atoms with Gasteiger partial charge in [-0.05, 0) is 30.7 Å². The fraction of sp³-hybridized carbons (Fsp3) is 0.917. The van der Waals surface area contributed by atoms with E-state index in [9.17, 15) is 9.90 Å². The lowest BCUT2D eigenvalue weighted by atomic mass is 9.95. The summed E-state index contributed by atoms with van der Waals surface area (Å²) in [6.07, 6.45) is 1.15. The minimum atomic E-state index is -0.672. The molecule has 3 nitrogen and oxygen atoms in total. The monoisotopic (exact) mass is 213 g/mol. The third kappa shape index (κ3) is 2.94. The Morgan fingerprint density at radius 1 is 1.33 bits per heavy atom. The maximum atomic E-state index is 11.2. The molecule has 1 heterocycles. The van der Waals surface area contributed by atoms with E-state index < -0.39 is 5.97 Å². The van der Waals surface area contributed by atoms with Crippen molar-refractivity contribution in [2.24, 2.45) is 17.8 Å². The molecular formula is C12H23NO2. The molecular weight excluding hydrogens is 190 g/mol. The van der Waals surface area contributed by atoms with Crippen LogP contribution >= 0.6 is 0 Å². The van der Waals surface area contributed by atoms with Crippen LogP contribution in [0.5, 0.6) is 0 Å². The number of aliphatic carboxylic acids is 1. The summed E-state index contributed by atoms with van der Waals surface area (Å²) in [7, 11) is 0. The number of hydrogen-bond acceptors (Lipinski definition) is 2. The van der Waals surface area contributed by atoms with Crippen molar-refractivity contribution in [3.63, 3.8) is 0 Å². The van der Waals surface area contributed by atoms with Gasteiger partial charge in [-0.2, -0.15) is 0 Å². The number of carboxylic acids is 1. The van der Waals surface area contributed by atoms with Gasteiger partial charge in [-0.15, -0.1) is 0 Å². The lowest BCUT2D eigenvalue weighted by Crippen LogP contribution is -2.43. The number of carboxylic acid groups (broad SMARTS) is 1. The second-order valence-electron chi connectivity index (χ2n) is 5.31. The summed E-state index contributed by atoms with van der Waals surface area (Å²) in [5.41, 5.74) is 0. The van der Waals surface area contributed by atoms with Gasteiger partial charge in [0.1, 0.15) is 6.04 Å². The first-order valence-electron chi connectivity index (χ1n) is 5.90. The third-order valence-electron chi connectivity index (χ3n) is 3.48. The topological polar surface area (TPSA) is 40.5 Å². The Kier molecular flexibility index (Phi) is 4.14. The van der Waals surface area contributed by atoms with E-state index in [4.69, 9.17) is 0 Å². The summed E-state index contributed by atoms with van der Waals surface area (Å²) in [4.78, 5) is 13.3. The highest BCUT2D eigenvalue weighted by Crippen LogP contribution is 2.27. The highest BCUT2D eigenvalue weighted by Gasteiger charge is 2.34. The Labute approximate surface area is 92.5 Å². The zero-order valence-electron chi connectivity index (χ0n) is 10.2. The summed E-state index contributed by atoms with van der Waals surface area (Å²) in [5, 5.41) is 9.19. The van der Waals surface area contributed by atoms with Crippen molar-refractivity contribution in [1.82, 2.24) is 4.90 Å². The fourth-order valence-corrected chi connectivity index (χ4v) is 2.48. The van der Waals surface area contributed by atoms with Gasteiger partial charge in [-0.25, -0.2) is 0 Å². The van der Waals surface area contributed by atoms with Gasteiger partial charge in [-0.1, -0.05) is 27.7 Å². The molecule has 0 amide bonds. The van der Waals surface area contributed by atoms with Crippen molar-refractivity contribution in [3.8, 4) is 0 Å². The van der Waals surface area contributed by atoms with Crippen molar-refractivity contribution in [3.05, 3.63) is 0 Å². The van der Waals surface area contributed by atoms with Crippen molar-refractivity contribution in [2.45, 2.75) is 40.2 Å². The van der Waals surface area contributed by atoms with Crippen LogP contribution in [0.2, 0.25) is 0 Å². The Morgan fingerprint density at radius 3 is 2.27 bits per heavy atom. The summed E-state index contributed by atoms with van der Waals surface area (Å²) in [6, 6.07) is -0.297. The normalized spacial score (nSPS) is 25.1. The minimum Gasteiger partial charge on any atom is -0.480 e. The number of carbonyl (C=O) groups is 1. The molecule has 15 heavy (non-hydrogen) atoms. The fourth-order valence-electron chi connectivity index (χ4n) is 2.48. The maximum absolute atomic E-state index is 11.2. The second kappa shape index (κ2) is 4.97. The Bertz CT molecular complexity index is 226. The molecule has 1 rings (SSSR count). The van der Waals surface area contributed by atoms with Gasteiger partial charge in [0, 0.05) is 6.54 Å². The van der Waals surface area contributed by atoms with Gasteiger partial charge < -0.3 is 5.11 Å². The Hall–Kier alpha value is -0.570. The van der Waals surface area contributed by atoms with Crippen molar-refractivity contribution >= 4 is 5.97 Å². The molecule has 0 aromatic rings. The van der Waals surface area contributed by atoms with Crippen LogP contribution in [0.25, 0.3) is 0 Å². The van der Waals surface area contributed by atoms with Crippen molar-refractivity contribution < 1.29 is 9.90 Å². The van der Waals surface area contributed by atoms with Crippen molar-refractivity contribution in [1.29, 1.82) is 0 Å². The van der Waals surface area contributed by atoms with Gasteiger partial charge in [0.15, 0.2) is 0 Å². The molecule has 3 heteroatoms. The number of rotatable bonds is 4. The molecule has 1 saturated heterocycles. The molecule has 0 saturated carbocycles. The molecule has 0 spiro atoms. The molecule has 2 unspecified atom stereocenters. The average molecular weight is 213 g/mol. The Balaban J connectivity index is 2.61. The largest absolute Gasteiger partial charge is 0.480 e. The van der Waals surface area contributed by atoms with E-state index in [1.165, 1.54) is 0 Å². The predicted octanol–water partition coefficient (Wildman–Crippen LogP) is 2.07. The van der Waals surface area contributed by atoms with Crippen LogP contribution in [0, 0.1) is 17.8 Å². The standard InChI is InChI=1S/C12H23NO2/c1-8(2)10-5-6-13(7-10)11(9(3)4)12(14)15/h8-11H,5-7H2,1-4H3,(H,14,15). The first-order valence-corrected chi connectivity index (χ1v) is 5.90. The van der Waals surface area contributed by atoms with Gasteiger partial charge >= 0.3 is 5.97 Å². The summed E-state index contributed by atoms with van der Waals surface area (Å²) in [6.45, 7) is 10.3. The van der Waals surface area contributed by atoms with E-state index in [0.29, 0.717) is 11.8 Å². The van der Waals surface area contributed by atoms with Crippen LogP contribution in [0.4, 0.5) is 0 Å². The second-order valence-corrected chi connectivity index (χ2v) is 5.31. The maximum Gasteiger partial charge on any atom is 0.321 e. The van der Waals surface area contributed by atoms with Crippen LogP contribution in [-0.4, -0.2) is 35.1 Å². The van der Waals surface area contributed by atoms with Crippen LogP contribution in [0.3, 0.4) is 0 Å². The molecule has 1 N–H and O–H groups in total. The lowest BCUT2D eigenvalue weighted by Gasteiger charge is -2.27. The lowest BCUT2D eigenvalue weighted by molar-refractivity contribution is -0.144. The first-order chi connectivity index (χ1) is 6.93. The first kappa shape index (κ1) is 12.5. The third-order valence-corrected chi connectivity index (χ3v) is 3.48. The molecule has 2 atom stereocenters. The van der Waals surface area contributed by atoms with Gasteiger partial charge in [-0.3, -0.25) is 9.69 Å². The van der Waals surface area contributed by atoms with E-state index >= 15 is 0 Å². The highest BCUT2D eigenvalue weighted by atomic mass is 16.4. The van der Waals surface area contributed by atoms with E-state index in [-0.39, 0.29) is 12.0 Å². The van der Waals surface area contributed by atoms with Crippen LogP contribution in [-0.2, 0) is 4.79 Å². The zero-order valence-corrected chi connectivity index (χ0v) is 10.2. The molecule has 1 aliphatic heterocycles. The van der Waals surface area contributed by atoms with Crippen LogP contribution < -0.4 is 0 Å². The predicted molar refractivity (Wildman–Crippen MR) is 60.8 cm³/mol.